The maximum atomic E-state index is 11.1. The molecule has 0 unspecified atom stereocenters. The lowest BCUT2D eigenvalue weighted by Crippen LogP contribution is -2.02. The second kappa shape index (κ2) is 6.23. The summed E-state index contributed by atoms with van der Waals surface area (Å²) >= 11 is 0. The number of hydrogen-bond acceptors (Lipinski definition) is 3. The molecule has 0 saturated carbocycles. The van der Waals surface area contributed by atoms with Gasteiger partial charge in [-0.3, -0.25) is 4.79 Å². The molecular weight excluding hydrogens is 234 g/mol. The van der Waals surface area contributed by atoms with Gasteiger partial charge in [0.25, 0.3) is 0 Å². The van der Waals surface area contributed by atoms with Crippen LogP contribution in [0.5, 0.6) is 0 Å². The van der Waals surface area contributed by atoms with Gasteiger partial charge in [0, 0.05) is 6.92 Å². The molecule has 1 aromatic heterocycles. The Kier molecular flexibility index (Phi) is 4.95. The van der Waals surface area contributed by atoms with Crippen molar-refractivity contribution in [3.8, 4) is 0 Å². The smallest absolute Gasteiger partial charge is 0.352 e. The molecule has 0 aliphatic carbocycles. The van der Waals surface area contributed by atoms with Gasteiger partial charge in [-0.05, 0) is 30.9 Å². The number of carbonyl (C=O) groups is 2. The van der Waals surface area contributed by atoms with Gasteiger partial charge in [-0.1, -0.05) is 13.3 Å². The van der Waals surface area contributed by atoms with Gasteiger partial charge >= 0.3 is 11.9 Å². The fourth-order valence-corrected chi connectivity index (χ4v) is 1.90. The Morgan fingerprint density at radius 2 is 2.06 bits per heavy atom. The zero-order valence-electron chi connectivity index (χ0n) is 11.0. The Labute approximate surface area is 106 Å². The van der Waals surface area contributed by atoms with E-state index in [4.69, 9.17) is 9.84 Å². The first-order valence-corrected chi connectivity index (χ1v) is 6.04. The largest absolute Gasteiger partial charge is 0.477 e. The molecule has 0 fully saturated rings. The molecule has 0 radical (unpaired) electrons. The van der Waals surface area contributed by atoms with Crippen LogP contribution in [-0.4, -0.2) is 22.0 Å². The van der Waals surface area contributed by atoms with Crippen molar-refractivity contribution in [1.29, 1.82) is 0 Å². The highest BCUT2D eigenvalue weighted by molar-refractivity contribution is 5.88. The van der Waals surface area contributed by atoms with E-state index in [1.807, 2.05) is 0 Å². The van der Waals surface area contributed by atoms with E-state index in [0.29, 0.717) is 5.69 Å². The summed E-state index contributed by atoms with van der Waals surface area (Å²) in [7, 11) is 0. The van der Waals surface area contributed by atoms with Crippen molar-refractivity contribution in [2.75, 3.05) is 0 Å². The monoisotopic (exact) mass is 253 g/mol. The molecule has 0 amide bonds. The van der Waals surface area contributed by atoms with Crippen LogP contribution in [0.4, 0.5) is 0 Å². The molecule has 18 heavy (non-hydrogen) atoms. The summed E-state index contributed by atoms with van der Waals surface area (Å²) in [6, 6.07) is 0. The molecule has 1 heterocycles. The molecule has 100 valence electrons. The van der Waals surface area contributed by atoms with Crippen LogP contribution in [0.1, 0.15) is 54.0 Å². The number of nitrogens with one attached hydrogen (secondary N) is 1. The van der Waals surface area contributed by atoms with Crippen LogP contribution in [0, 0.1) is 6.92 Å². The number of aromatic amines is 1. The summed E-state index contributed by atoms with van der Waals surface area (Å²) in [6.45, 7) is 5.29. The molecule has 2 N–H and O–H groups in total. The number of hydrogen-bond donors (Lipinski definition) is 2. The van der Waals surface area contributed by atoms with Crippen LogP contribution in [0.2, 0.25) is 0 Å². The summed E-state index contributed by atoms with van der Waals surface area (Å²) < 4.78 is 4.93. The second-order valence-corrected chi connectivity index (χ2v) is 4.27. The van der Waals surface area contributed by atoms with E-state index in [1.165, 1.54) is 6.92 Å². The van der Waals surface area contributed by atoms with Crippen molar-refractivity contribution in [3.63, 3.8) is 0 Å². The average Bonchev–Trinajstić information content (AvgIpc) is 2.61. The lowest BCUT2D eigenvalue weighted by molar-refractivity contribution is -0.142. The lowest BCUT2D eigenvalue weighted by atomic mass is 10.0. The molecule has 0 aromatic carbocycles. The first kappa shape index (κ1) is 14.3. The summed E-state index contributed by atoms with van der Waals surface area (Å²) in [5.41, 5.74) is 2.56. The van der Waals surface area contributed by atoms with Gasteiger partial charge in [0.2, 0.25) is 0 Å². The van der Waals surface area contributed by atoms with E-state index in [0.717, 1.165) is 30.4 Å². The maximum absolute atomic E-state index is 11.1. The first-order chi connectivity index (χ1) is 8.47. The number of aromatic nitrogens is 1. The van der Waals surface area contributed by atoms with E-state index < -0.39 is 5.97 Å². The third kappa shape index (κ3) is 3.35. The maximum Gasteiger partial charge on any atom is 0.352 e. The van der Waals surface area contributed by atoms with Gasteiger partial charge < -0.3 is 14.8 Å². The number of rotatable bonds is 6. The summed E-state index contributed by atoms with van der Waals surface area (Å²) in [6.07, 6.45) is 2.80. The second-order valence-electron chi connectivity index (χ2n) is 4.27. The molecule has 5 heteroatoms. The van der Waals surface area contributed by atoms with Crippen molar-refractivity contribution in [2.24, 2.45) is 0 Å². The Morgan fingerprint density at radius 3 is 2.56 bits per heavy atom. The highest BCUT2D eigenvalue weighted by atomic mass is 16.5. The molecule has 0 aliphatic heterocycles. The van der Waals surface area contributed by atoms with E-state index in [-0.39, 0.29) is 18.3 Å². The number of aromatic carboxylic acids is 1. The highest BCUT2D eigenvalue weighted by Gasteiger charge is 2.18. The molecule has 0 spiro atoms. The van der Waals surface area contributed by atoms with Gasteiger partial charge in [0.15, 0.2) is 0 Å². The molecule has 1 rings (SSSR count). The lowest BCUT2D eigenvalue weighted by Gasteiger charge is -2.05. The van der Waals surface area contributed by atoms with Crippen LogP contribution in [0.15, 0.2) is 0 Å². The molecule has 0 saturated heterocycles. The van der Waals surface area contributed by atoms with Gasteiger partial charge in [0.05, 0.1) is 5.69 Å². The summed E-state index contributed by atoms with van der Waals surface area (Å²) in [5.74, 6) is -1.36. The Morgan fingerprint density at radius 1 is 1.39 bits per heavy atom. The van der Waals surface area contributed by atoms with E-state index in [2.05, 4.69) is 11.9 Å². The van der Waals surface area contributed by atoms with Gasteiger partial charge in [-0.15, -0.1) is 0 Å². The number of unbranched alkanes of at least 4 members (excludes halogenated alkanes) is 1. The van der Waals surface area contributed by atoms with Gasteiger partial charge in [0.1, 0.15) is 12.3 Å². The minimum absolute atomic E-state index is 0.0997. The Bertz CT molecular complexity index is 448. The Hall–Kier alpha value is -1.78. The zero-order chi connectivity index (χ0) is 13.7. The number of H-pyrrole nitrogens is 1. The summed E-state index contributed by atoms with van der Waals surface area (Å²) in [5, 5.41) is 9.07. The molecule has 0 bridgehead atoms. The minimum atomic E-state index is -0.987. The van der Waals surface area contributed by atoms with Crippen molar-refractivity contribution in [2.45, 2.75) is 46.6 Å². The zero-order valence-corrected chi connectivity index (χ0v) is 11.0. The predicted molar refractivity (Wildman–Crippen MR) is 66.6 cm³/mol. The van der Waals surface area contributed by atoms with Gasteiger partial charge in [-0.25, -0.2) is 4.79 Å². The van der Waals surface area contributed by atoms with Crippen molar-refractivity contribution in [1.82, 2.24) is 4.98 Å². The average molecular weight is 253 g/mol. The van der Waals surface area contributed by atoms with E-state index >= 15 is 0 Å². The molecule has 5 nitrogen and oxygen atoms in total. The van der Waals surface area contributed by atoms with Crippen molar-refractivity contribution < 1.29 is 19.4 Å². The van der Waals surface area contributed by atoms with Crippen LogP contribution >= 0.6 is 0 Å². The highest BCUT2D eigenvalue weighted by Crippen LogP contribution is 2.21. The van der Waals surface area contributed by atoms with Crippen LogP contribution in [0.3, 0.4) is 0 Å². The van der Waals surface area contributed by atoms with E-state index in [1.54, 1.807) is 6.92 Å². The van der Waals surface area contributed by atoms with Crippen molar-refractivity contribution >= 4 is 11.9 Å². The van der Waals surface area contributed by atoms with Crippen molar-refractivity contribution in [3.05, 3.63) is 22.5 Å². The van der Waals surface area contributed by atoms with Crippen LogP contribution < -0.4 is 0 Å². The molecule has 1 aromatic rings. The number of ether oxygens (including phenoxy) is 1. The Balaban J connectivity index is 3.01. The molecule has 0 atom stereocenters. The number of carboxylic acids is 1. The number of carbonyl (C=O) groups excluding carboxylic acids is 1. The normalized spacial score (nSPS) is 10.4. The topological polar surface area (TPSA) is 79.4 Å². The van der Waals surface area contributed by atoms with Crippen LogP contribution in [-0.2, 0) is 22.6 Å². The predicted octanol–water partition coefficient (Wildman–Crippen LogP) is 2.43. The van der Waals surface area contributed by atoms with Crippen LogP contribution in [0.25, 0.3) is 0 Å². The van der Waals surface area contributed by atoms with E-state index in [9.17, 15) is 9.59 Å². The molecule has 0 aliphatic rings. The third-order valence-electron chi connectivity index (χ3n) is 2.88. The molecular formula is C13H19NO4. The third-order valence-corrected chi connectivity index (χ3v) is 2.88. The summed E-state index contributed by atoms with van der Waals surface area (Å²) in [4.78, 5) is 24.7. The fraction of sp³-hybridized carbons (Fsp3) is 0.538. The number of esters is 1. The number of carboxylic acid groups (broad SMARTS) is 1. The first-order valence-electron chi connectivity index (χ1n) is 6.04. The quantitative estimate of drug-likeness (QED) is 0.763. The fourth-order valence-electron chi connectivity index (χ4n) is 1.90. The van der Waals surface area contributed by atoms with Gasteiger partial charge in [-0.2, -0.15) is 0 Å². The standard InChI is InChI=1S/C13H19NO4/c1-4-5-6-10-8(2)12(13(16)17)14-11(10)7-18-9(3)15/h14H,4-7H2,1-3H3,(H,16,17). The minimum Gasteiger partial charge on any atom is -0.477 e. The SMILES string of the molecule is CCCCc1c(COC(C)=O)[nH]c(C(=O)O)c1C.